The van der Waals surface area contributed by atoms with Crippen LogP contribution < -0.4 is 0 Å². The van der Waals surface area contributed by atoms with Crippen LogP contribution in [-0.2, 0) is 0 Å². The highest BCUT2D eigenvalue weighted by atomic mass is 35.5. The lowest BCUT2D eigenvalue weighted by molar-refractivity contribution is 1.30. The van der Waals surface area contributed by atoms with E-state index in [2.05, 4.69) is 47.6 Å². The van der Waals surface area contributed by atoms with Crippen molar-refractivity contribution in [2.24, 2.45) is 0 Å². The molecule has 0 unspecified atom stereocenters. The van der Waals surface area contributed by atoms with Crippen LogP contribution in [0.3, 0.4) is 0 Å². The fourth-order valence-corrected chi connectivity index (χ4v) is 3.42. The van der Waals surface area contributed by atoms with Crippen LogP contribution in [0, 0.1) is 0 Å². The van der Waals surface area contributed by atoms with Gasteiger partial charge in [0.15, 0.2) is 0 Å². The number of rotatable bonds is 4. The van der Waals surface area contributed by atoms with E-state index in [1.807, 2.05) is 42.5 Å². The number of aromatic amines is 1. The molecule has 4 rings (SSSR count). The quantitative estimate of drug-likeness (QED) is 0.397. The summed E-state index contributed by atoms with van der Waals surface area (Å²) in [5, 5.41) is 0.724. The van der Waals surface area contributed by atoms with Crippen molar-refractivity contribution in [1.29, 1.82) is 0 Å². The third-order valence-electron chi connectivity index (χ3n) is 4.25. The lowest BCUT2D eigenvalue weighted by atomic mass is 10.1. The fraction of sp³-hybridized carbons (Fsp3) is 0.0455. The number of nitrogens with zero attached hydrogens (tertiary/aromatic N) is 1. The summed E-state index contributed by atoms with van der Waals surface area (Å²) in [4.78, 5) is 9.66. The molecule has 1 aromatic heterocycles. The first-order valence-corrected chi connectivity index (χ1v) is 9.90. The van der Waals surface area contributed by atoms with Crippen molar-refractivity contribution in [2.45, 2.75) is 4.90 Å². The maximum atomic E-state index is 6.06. The summed E-state index contributed by atoms with van der Waals surface area (Å²) in [7, 11) is 0. The number of nitrogens with one attached hydrogen (secondary N) is 1. The summed E-state index contributed by atoms with van der Waals surface area (Å²) in [6.45, 7) is 0. The van der Waals surface area contributed by atoms with Gasteiger partial charge in [0.05, 0.1) is 11.4 Å². The zero-order valence-electron chi connectivity index (χ0n) is 14.2. The molecule has 0 aliphatic carbocycles. The SMILES string of the molecule is CSc1ccc(-c2nc(-c3ccccc3)c(-c3ccc(Cl)cc3)[nH]2)cc1. The van der Waals surface area contributed by atoms with Crippen molar-refractivity contribution >= 4 is 23.4 Å². The number of halogens is 1. The van der Waals surface area contributed by atoms with Crippen LogP contribution in [-0.4, -0.2) is 16.2 Å². The summed E-state index contributed by atoms with van der Waals surface area (Å²) in [6.07, 6.45) is 2.08. The highest BCUT2D eigenvalue weighted by Gasteiger charge is 2.15. The van der Waals surface area contributed by atoms with E-state index in [9.17, 15) is 0 Å². The van der Waals surface area contributed by atoms with Gasteiger partial charge in [-0.2, -0.15) is 0 Å². The molecule has 0 fully saturated rings. The van der Waals surface area contributed by atoms with Crippen molar-refractivity contribution in [3.05, 3.63) is 83.9 Å². The van der Waals surface area contributed by atoms with Gasteiger partial charge in [0.1, 0.15) is 5.82 Å². The number of benzene rings is 3. The molecule has 0 spiro atoms. The standard InChI is InChI=1S/C22H17ClN2S/c1-26-19-13-9-17(10-14-19)22-24-20(15-5-3-2-4-6-15)21(25-22)16-7-11-18(23)12-8-16/h2-14H,1H3,(H,24,25). The monoisotopic (exact) mass is 376 g/mol. The molecule has 0 saturated heterocycles. The second kappa shape index (κ2) is 7.40. The molecular formula is C22H17ClN2S. The largest absolute Gasteiger partial charge is 0.337 e. The molecule has 4 aromatic rings. The summed E-state index contributed by atoms with van der Waals surface area (Å²) in [5.41, 5.74) is 5.15. The minimum absolute atomic E-state index is 0.724. The summed E-state index contributed by atoms with van der Waals surface area (Å²) in [6, 6.07) is 26.5. The summed E-state index contributed by atoms with van der Waals surface area (Å²) < 4.78 is 0. The Morgan fingerprint density at radius 2 is 1.42 bits per heavy atom. The second-order valence-electron chi connectivity index (χ2n) is 5.91. The molecule has 1 heterocycles. The molecule has 0 radical (unpaired) electrons. The third-order valence-corrected chi connectivity index (χ3v) is 5.24. The second-order valence-corrected chi connectivity index (χ2v) is 7.23. The first-order chi connectivity index (χ1) is 12.7. The first kappa shape index (κ1) is 17.0. The molecule has 26 heavy (non-hydrogen) atoms. The Labute approximate surface area is 162 Å². The van der Waals surface area contributed by atoms with Crippen LogP contribution in [0.5, 0.6) is 0 Å². The Morgan fingerprint density at radius 1 is 0.769 bits per heavy atom. The molecule has 0 bridgehead atoms. The number of aromatic nitrogens is 2. The van der Waals surface area contributed by atoms with Gasteiger partial charge in [-0.3, -0.25) is 0 Å². The van der Waals surface area contributed by atoms with Crippen molar-refractivity contribution in [2.75, 3.05) is 6.26 Å². The molecular weight excluding hydrogens is 360 g/mol. The van der Waals surface area contributed by atoms with Crippen LogP contribution >= 0.6 is 23.4 Å². The van der Waals surface area contributed by atoms with Crippen molar-refractivity contribution in [3.63, 3.8) is 0 Å². The highest BCUT2D eigenvalue weighted by molar-refractivity contribution is 7.98. The summed E-state index contributed by atoms with van der Waals surface area (Å²) in [5.74, 6) is 0.862. The average molecular weight is 377 g/mol. The van der Waals surface area contributed by atoms with E-state index in [4.69, 9.17) is 16.6 Å². The van der Waals surface area contributed by atoms with Gasteiger partial charge in [-0.15, -0.1) is 11.8 Å². The lowest BCUT2D eigenvalue weighted by Gasteiger charge is -2.03. The smallest absolute Gasteiger partial charge is 0.138 e. The van der Waals surface area contributed by atoms with E-state index < -0.39 is 0 Å². The molecule has 3 aromatic carbocycles. The Hall–Kier alpha value is -2.49. The molecule has 0 saturated carbocycles. The molecule has 0 amide bonds. The molecule has 2 nitrogen and oxygen atoms in total. The van der Waals surface area contributed by atoms with Gasteiger partial charge in [-0.25, -0.2) is 4.98 Å². The Balaban J connectivity index is 1.85. The van der Waals surface area contributed by atoms with Crippen molar-refractivity contribution in [1.82, 2.24) is 9.97 Å². The van der Waals surface area contributed by atoms with E-state index in [0.717, 1.165) is 38.9 Å². The van der Waals surface area contributed by atoms with Gasteiger partial charge in [-0.1, -0.05) is 66.2 Å². The molecule has 0 aliphatic heterocycles. The van der Waals surface area contributed by atoms with Crippen LogP contribution in [0.4, 0.5) is 0 Å². The maximum Gasteiger partial charge on any atom is 0.138 e. The van der Waals surface area contributed by atoms with E-state index in [-0.39, 0.29) is 0 Å². The Morgan fingerprint density at radius 3 is 2.08 bits per heavy atom. The third kappa shape index (κ3) is 3.41. The minimum Gasteiger partial charge on any atom is -0.337 e. The van der Waals surface area contributed by atoms with E-state index in [1.165, 1.54) is 4.90 Å². The number of H-pyrrole nitrogens is 1. The van der Waals surface area contributed by atoms with E-state index >= 15 is 0 Å². The van der Waals surface area contributed by atoms with Crippen molar-refractivity contribution in [3.8, 4) is 33.9 Å². The molecule has 128 valence electrons. The zero-order valence-corrected chi connectivity index (χ0v) is 15.8. The van der Waals surface area contributed by atoms with Crippen LogP contribution in [0.15, 0.2) is 83.8 Å². The molecule has 0 aliphatic rings. The minimum atomic E-state index is 0.724. The average Bonchev–Trinajstić information content (AvgIpc) is 3.15. The van der Waals surface area contributed by atoms with Gasteiger partial charge < -0.3 is 4.98 Å². The van der Waals surface area contributed by atoms with E-state index in [1.54, 1.807) is 11.8 Å². The topological polar surface area (TPSA) is 28.7 Å². The Kier molecular flexibility index (Phi) is 4.83. The normalized spacial score (nSPS) is 10.8. The molecule has 1 N–H and O–H groups in total. The van der Waals surface area contributed by atoms with Crippen molar-refractivity contribution < 1.29 is 0 Å². The van der Waals surface area contributed by atoms with E-state index in [0.29, 0.717) is 0 Å². The maximum absolute atomic E-state index is 6.06. The first-order valence-electron chi connectivity index (χ1n) is 8.30. The van der Waals surface area contributed by atoms with Crippen LogP contribution in [0.25, 0.3) is 33.9 Å². The number of imidazole rings is 1. The predicted octanol–water partition coefficient (Wildman–Crippen LogP) is 6.79. The van der Waals surface area contributed by atoms with Gasteiger partial charge in [0.25, 0.3) is 0 Å². The van der Waals surface area contributed by atoms with Gasteiger partial charge in [-0.05, 0) is 30.5 Å². The van der Waals surface area contributed by atoms with Gasteiger partial charge in [0.2, 0.25) is 0 Å². The van der Waals surface area contributed by atoms with Crippen LogP contribution in [0.1, 0.15) is 0 Å². The molecule has 4 heteroatoms. The number of hydrogen-bond donors (Lipinski definition) is 1. The van der Waals surface area contributed by atoms with Gasteiger partial charge >= 0.3 is 0 Å². The van der Waals surface area contributed by atoms with Crippen LogP contribution in [0.2, 0.25) is 5.02 Å². The Bertz CT molecular complexity index is 1010. The summed E-state index contributed by atoms with van der Waals surface area (Å²) >= 11 is 7.79. The number of thioether (sulfide) groups is 1. The predicted molar refractivity (Wildman–Crippen MR) is 112 cm³/mol. The highest BCUT2D eigenvalue weighted by Crippen LogP contribution is 2.33. The fourth-order valence-electron chi connectivity index (χ4n) is 2.89. The zero-order chi connectivity index (χ0) is 17.9. The molecule has 0 atom stereocenters. The lowest BCUT2D eigenvalue weighted by Crippen LogP contribution is -1.83. The van der Waals surface area contributed by atoms with Gasteiger partial charge in [0, 0.05) is 26.6 Å². The number of hydrogen-bond acceptors (Lipinski definition) is 2.